The molecule has 16 heavy (non-hydrogen) atoms. The Morgan fingerprint density at radius 1 is 1.19 bits per heavy atom. The quantitative estimate of drug-likeness (QED) is 0.731. The first-order valence-electron chi connectivity index (χ1n) is 3.73. The molecule has 1 rings (SSSR count). The van der Waals surface area contributed by atoms with Crippen LogP contribution in [0.4, 0.5) is 26.3 Å². The third-order valence-corrected chi connectivity index (χ3v) is 1.94. The molecule has 0 amide bonds. The molecular weight excluding hydrogens is 262 g/mol. The molecule has 0 N–H and O–H groups in total. The molecular formula is C8H3ClF6O. The highest BCUT2D eigenvalue weighted by molar-refractivity contribution is 6.32. The molecule has 0 aliphatic rings. The van der Waals surface area contributed by atoms with Gasteiger partial charge in [-0.1, -0.05) is 11.6 Å². The van der Waals surface area contributed by atoms with E-state index in [0.29, 0.717) is 12.1 Å². The Bertz CT molecular complexity index is 389. The van der Waals surface area contributed by atoms with Crippen LogP contribution in [0.5, 0.6) is 5.75 Å². The van der Waals surface area contributed by atoms with E-state index in [1.165, 1.54) is 0 Å². The number of alkyl halides is 5. The molecule has 0 heterocycles. The lowest BCUT2D eigenvalue weighted by Crippen LogP contribution is -2.10. The average Bonchev–Trinajstić information content (AvgIpc) is 2.09. The van der Waals surface area contributed by atoms with Crippen molar-refractivity contribution in [2.24, 2.45) is 0 Å². The Balaban J connectivity index is 3.27. The first kappa shape index (κ1) is 13.0. The predicted octanol–water partition coefficient (Wildman–Crippen LogP) is 4.10. The fourth-order valence-electron chi connectivity index (χ4n) is 0.949. The summed E-state index contributed by atoms with van der Waals surface area (Å²) < 4.78 is 76.7. The number of ether oxygens (including phenoxy) is 1. The van der Waals surface area contributed by atoms with Crippen molar-refractivity contribution in [3.05, 3.63) is 28.5 Å². The summed E-state index contributed by atoms with van der Waals surface area (Å²) in [7, 11) is 0. The van der Waals surface area contributed by atoms with Crippen molar-refractivity contribution in [2.75, 3.05) is 0 Å². The highest BCUT2D eigenvalue weighted by Gasteiger charge is 2.35. The SMILES string of the molecule is Fc1ccc(C(F)(F)F)c(Cl)c1OC(F)F. The molecule has 0 aromatic heterocycles. The van der Waals surface area contributed by atoms with Gasteiger partial charge in [0.05, 0.1) is 10.6 Å². The van der Waals surface area contributed by atoms with Crippen LogP contribution in [0.15, 0.2) is 12.1 Å². The van der Waals surface area contributed by atoms with Crippen molar-refractivity contribution < 1.29 is 31.1 Å². The molecule has 0 saturated carbocycles. The number of hydrogen-bond acceptors (Lipinski definition) is 1. The van der Waals surface area contributed by atoms with Crippen molar-refractivity contribution in [2.45, 2.75) is 12.8 Å². The van der Waals surface area contributed by atoms with Gasteiger partial charge in [0.2, 0.25) is 0 Å². The summed E-state index contributed by atoms with van der Waals surface area (Å²) in [6.45, 7) is -3.46. The molecule has 8 heteroatoms. The minimum Gasteiger partial charge on any atom is -0.430 e. The third kappa shape index (κ3) is 2.72. The van der Waals surface area contributed by atoms with E-state index in [4.69, 9.17) is 11.6 Å². The second-order valence-electron chi connectivity index (χ2n) is 2.61. The van der Waals surface area contributed by atoms with E-state index in [2.05, 4.69) is 4.74 Å². The van der Waals surface area contributed by atoms with E-state index < -0.39 is 34.9 Å². The van der Waals surface area contributed by atoms with E-state index in [1.54, 1.807) is 0 Å². The van der Waals surface area contributed by atoms with Gasteiger partial charge in [0.1, 0.15) is 0 Å². The maximum atomic E-state index is 12.9. The molecule has 90 valence electrons. The topological polar surface area (TPSA) is 9.23 Å². The van der Waals surface area contributed by atoms with Gasteiger partial charge in [-0.05, 0) is 12.1 Å². The molecule has 1 aromatic carbocycles. The zero-order valence-corrected chi connectivity index (χ0v) is 8.04. The Hall–Kier alpha value is -1.11. The molecule has 0 aliphatic heterocycles. The summed E-state index contributed by atoms with van der Waals surface area (Å²) in [5.41, 5.74) is -1.44. The fourth-order valence-corrected chi connectivity index (χ4v) is 1.25. The zero-order chi connectivity index (χ0) is 12.5. The summed E-state index contributed by atoms with van der Waals surface area (Å²) in [5, 5.41) is -1.23. The van der Waals surface area contributed by atoms with E-state index in [9.17, 15) is 26.3 Å². The van der Waals surface area contributed by atoms with Gasteiger partial charge in [-0.15, -0.1) is 0 Å². The van der Waals surface area contributed by atoms with Gasteiger partial charge in [-0.3, -0.25) is 0 Å². The largest absolute Gasteiger partial charge is 0.430 e. The lowest BCUT2D eigenvalue weighted by Gasteiger charge is -2.13. The Morgan fingerprint density at radius 3 is 2.19 bits per heavy atom. The fraction of sp³-hybridized carbons (Fsp3) is 0.250. The molecule has 0 fully saturated rings. The smallest absolute Gasteiger partial charge is 0.417 e. The van der Waals surface area contributed by atoms with Crippen LogP contribution in [0.3, 0.4) is 0 Å². The number of rotatable bonds is 2. The van der Waals surface area contributed by atoms with Crippen LogP contribution in [-0.2, 0) is 6.18 Å². The number of benzene rings is 1. The summed E-state index contributed by atoms with van der Waals surface area (Å²) in [4.78, 5) is 0. The molecule has 0 bridgehead atoms. The average molecular weight is 265 g/mol. The van der Waals surface area contributed by atoms with Crippen molar-refractivity contribution in [3.8, 4) is 5.75 Å². The van der Waals surface area contributed by atoms with Crippen molar-refractivity contribution >= 4 is 11.6 Å². The van der Waals surface area contributed by atoms with Crippen LogP contribution >= 0.6 is 11.6 Å². The Kier molecular flexibility index (Phi) is 3.57. The maximum absolute atomic E-state index is 12.9. The normalized spacial score (nSPS) is 12.0. The van der Waals surface area contributed by atoms with Crippen LogP contribution in [0.2, 0.25) is 5.02 Å². The molecule has 0 spiro atoms. The van der Waals surface area contributed by atoms with Gasteiger partial charge in [-0.2, -0.15) is 22.0 Å². The number of halogens is 7. The van der Waals surface area contributed by atoms with E-state index >= 15 is 0 Å². The second kappa shape index (κ2) is 4.40. The minimum absolute atomic E-state index is 0.343. The van der Waals surface area contributed by atoms with E-state index in [0.717, 1.165) is 0 Å². The maximum Gasteiger partial charge on any atom is 0.417 e. The highest BCUT2D eigenvalue weighted by atomic mass is 35.5. The van der Waals surface area contributed by atoms with Crippen LogP contribution in [-0.4, -0.2) is 6.61 Å². The van der Waals surface area contributed by atoms with Crippen LogP contribution in [0.25, 0.3) is 0 Å². The van der Waals surface area contributed by atoms with Crippen molar-refractivity contribution in [1.82, 2.24) is 0 Å². The summed E-state index contributed by atoms with van der Waals surface area (Å²) >= 11 is 5.12. The Labute approximate surface area is 90.6 Å². The van der Waals surface area contributed by atoms with E-state index in [1.807, 2.05) is 0 Å². The van der Waals surface area contributed by atoms with Gasteiger partial charge < -0.3 is 4.74 Å². The molecule has 1 nitrogen and oxygen atoms in total. The lowest BCUT2D eigenvalue weighted by molar-refractivity contribution is -0.138. The minimum atomic E-state index is -4.87. The molecule has 0 saturated heterocycles. The molecule has 0 atom stereocenters. The molecule has 0 unspecified atom stereocenters. The van der Waals surface area contributed by atoms with Gasteiger partial charge >= 0.3 is 12.8 Å². The van der Waals surface area contributed by atoms with Crippen LogP contribution < -0.4 is 4.74 Å². The standard InChI is InChI=1S/C8H3ClF6O/c9-5-3(8(13,14)15)1-2-4(10)6(5)16-7(11)12/h1-2,7H. The van der Waals surface area contributed by atoms with Crippen LogP contribution in [0, 0.1) is 5.82 Å². The monoisotopic (exact) mass is 264 g/mol. The summed E-state index contributed by atoms with van der Waals surface area (Å²) in [6, 6.07) is 0.697. The van der Waals surface area contributed by atoms with E-state index in [-0.39, 0.29) is 0 Å². The highest BCUT2D eigenvalue weighted by Crippen LogP contribution is 2.40. The van der Waals surface area contributed by atoms with Crippen LogP contribution in [0.1, 0.15) is 5.56 Å². The van der Waals surface area contributed by atoms with Gasteiger partial charge in [-0.25, -0.2) is 4.39 Å². The Morgan fingerprint density at radius 2 is 1.75 bits per heavy atom. The summed E-state index contributed by atoms with van der Waals surface area (Å²) in [6.07, 6.45) is -4.87. The lowest BCUT2D eigenvalue weighted by atomic mass is 10.2. The summed E-state index contributed by atoms with van der Waals surface area (Å²) in [5.74, 6) is -2.70. The van der Waals surface area contributed by atoms with Crippen molar-refractivity contribution in [1.29, 1.82) is 0 Å². The van der Waals surface area contributed by atoms with Gasteiger partial charge in [0.15, 0.2) is 11.6 Å². The third-order valence-electron chi connectivity index (χ3n) is 1.56. The first-order valence-corrected chi connectivity index (χ1v) is 4.11. The van der Waals surface area contributed by atoms with Crippen molar-refractivity contribution in [3.63, 3.8) is 0 Å². The molecule has 0 aliphatic carbocycles. The first-order chi connectivity index (χ1) is 7.23. The second-order valence-corrected chi connectivity index (χ2v) is 2.99. The molecule has 0 radical (unpaired) electrons. The predicted molar refractivity (Wildman–Crippen MR) is 43.0 cm³/mol. The number of hydrogen-bond donors (Lipinski definition) is 0. The van der Waals surface area contributed by atoms with Gasteiger partial charge in [0.25, 0.3) is 0 Å². The molecule has 1 aromatic rings. The zero-order valence-electron chi connectivity index (χ0n) is 7.29. The van der Waals surface area contributed by atoms with Gasteiger partial charge in [0, 0.05) is 0 Å².